The summed E-state index contributed by atoms with van der Waals surface area (Å²) in [7, 11) is 0. The van der Waals surface area contributed by atoms with Crippen LogP contribution in [0.2, 0.25) is 0 Å². The second kappa shape index (κ2) is 6.83. The summed E-state index contributed by atoms with van der Waals surface area (Å²) in [5.74, 6) is -0.132. The number of hydrogen-bond donors (Lipinski definition) is 1. The Labute approximate surface area is 132 Å². The average molecular weight is 320 g/mol. The van der Waals surface area contributed by atoms with Gasteiger partial charge in [0.15, 0.2) is 5.82 Å². The predicted octanol–water partition coefficient (Wildman–Crippen LogP) is 2.32. The van der Waals surface area contributed by atoms with Crippen LogP contribution in [0.5, 0.6) is 0 Å². The predicted molar refractivity (Wildman–Crippen MR) is 83.6 cm³/mol. The summed E-state index contributed by atoms with van der Waals surface area (Å²) >= 11 is 1.40. The van der Waals surface area contributed by atoms with Crippen LogP contribution in [0.15, 0.2) is 29.4 Å². The largest absolute Gasteiger partial charge is 0.369 e. The minimum absolute atomic E-state index is 0.145. The highest BCUT2D eigenvalue weighted by Crippen LogP contribution is 2.24. The summed E-state index contributed by atoms with van der Waals surface area (Å²) in [6.45, 7) is 2.15. The number of nitrogens with one attached hydrogen (secondary N) is 1. The van der Waals surface area contributed by atoms with Crippen LogP contribution in [0.3, 0.4) is 0 Å². The molecule has 1 atom stereocenters. The lowest BCUT2D eigenvalue weighted by molar-refractivity contribution is 0.0941. The first kappa shape index (κ1) is 14.9. The van der Waals surface area contributed by atoms with E-state index in [-0.39, 0.29) is 11.7 Å². The van der Waals surface area contributed by atoms with Crippen molar-refractivity contribution in [3.05, 3.63) is 40.9 Å². The van der Waals surface area contributed by atoms with Crippen LogP contribution >= 0.6 is 11.3 Å². The summed E-state index contributed by atoms with van der Waals surface area (Å²) in [4.78, 5) is 21.7. The third kappa shape index (κ3) is 3.41. The fraction of sp³-hybridized carbons (Fsp3) is 0.400. The molecule has 0 saturated carbocycles. The van der Waals surface area contributed by atoms with Gasteiger partial charge in [0, 0.05) is 31.2 Å². The van der Waals surface area contributed by atoms with Gasteiger partial charge in [-0.3, -0.25) is 9.78 Å². The maximum Gasteiger partial charge on any atom is 0.270 e. The van der Waals surface area contributed by atoms with E-state index in [0.717, 1.165) is 25.9 Å². The van der Waals surface area contributed by atoms with E-state index in [9.17, 15) is 9.18 Å². The quantitative estimate of drug-likeness (QED) is 0.939. The number of carbonyl (C=O) groups excluding carboxylic acids is 1. The first-order valence-electron chi connectivity index (χ1n) is 7.25. The number of anilines is 1. The number of aromatic nitrogens is 2. The summed E-state index contributed by atoms with van der Waals surface area (Å²) in [6.07, 6.45) is 4.86. The van der Waals surface area contributed by atoms with Crippen molar-refractivity contribution in [1.82, 2.24) is 15.3 Å². The molecule has 116 valence electrons. The van der Waals surface area contributed by atoms with Crippen LogP contribution in [0.1, 0.15) is 23.3 Å². The molecule has 5 nitrogen and oxygen atoms in total. The summed E-state index contributed by atoms with van der Waals surface area (Å²) in [5.41, 5.74) is 2.69. The van der Waals surface area contributed by atoms with Gasteiger partial charge >= 0.3 is 0 Å². The molecular formula is C15H17FN4OS. The van der Waals surface area contributed by atoms with Crippen molar-refractivity contribution in [2.45, 2.75) is 12.8 Å². The topological polar surface area (TPSA) is 58.1 Å². The highest BCUT2D eigenvalue weighted by molar-refractivity contribution is 7.07. The Morgan fingerprint density at radius 2 is 2.45 bits per heavy atom. The fourth-order valence-corrected chi connectivity index (χ4v) is 3.26. The Morgan fingerprint density at radius 1 is 1.55 bits per heavy atom. The van der Waals surface area contributed by atoms with Crippen LogP contribution < -0.4 is 10.2 Å². The van der Waals surface area contributed by atoms with Gasteiger partial charge in [0.1, 0.15) is 5.69 Å². The molecule has 1 aliphatic rings. The van der Waals surface area contributed by atoms with Gasteiger partial charge < -0.3 is 10.2 Å². The second-order valence-electron chi connectivity index (χ2n) is 5.37. The molecule has 7 heteroatoms. The zero-order valence-electron chi connectivity index (χ0n) is 12.0. The summed E-state index contributed by atoms with van der Waals surface area (Å²) < 4.78 is 13.8. The van der Waals surface area contributed by atoms with E-state index in [0.29, 0.717) is 23.8 Å². The normalized spacial score (nSPS) is 18.2. The number of thiazole rings is 1. The molecule has 1 N–H and O–H groups in total. The van der Waals surface area contributed by atoms with E-state index in [1.54, 1.807) is 23.2 Å². The third-order valence-corrected chi connectivity index (χ3v) is 4.41. The molecule has 0 aliphatic carbocycles. The molecule has 1 aliphatic heterocycles. The van der Waals surface area contributed by atoms with E-state index < -0.39 is 0 Å². The average Bonchev–Trinajstić information content (AvgIpc) is 3.08. The first-order valence-corrected chi connectivity index (χ1v) is 8.19. The monoisotopic (exact) mass is 320 g/mol. The molecule has 1 amide bonds. The number of amides is 1. The highest BCUT2D eigenvalue weighted by Gasteiger charge is 2.22. The summed E-state index contributed by atoms with van der Waals surface area (Å²) in [6, 6.07) is 1.70. The standard InChI is InChI=1S/C15H17FN4OS/c16-12-7-17-4-3-14(12)20-5-1-2-11(8-20)6-18-15(21)13-9-22-10-19-13/h3-4,7,9-11H,1-2,5-6,8H2,(H,18,21)/t11-/m1/s1. The molecule has 0 unspecified atom stereocenters. The molecule has 2 aromatic heterocycles. The maximum absolute atomic E-state index is 13.8. The van der Waals surface area contributed by atoms with E-state index >= 15 is 0 Å². The molecule has 1 fully saturated rings. The van der Waals surface area contributed by atoms with Crippen LogP contribution in [0.25, 0.3) is 0 Å². The number of nitrogens with zero attached hydrogens (tertiary/aromatic N) is 3. The Bertz CT molecular complexity index is 634. The van der Waals surface area contributed by atoms with Crippen molar-refractivity contribution < 1.29 is 9.18 Å². The maximum atomic E-state index is 13.8. The lowest BCUT2D eigenvalue weighted by Gasteiger charge is -2.34. The van der Waals surface area contributed by atoms with Crippen molar-refractivity contribution >= 4 is 22.9 Å². The second-order valence-corrected chi connectivity index (χ2v) is 6.08. The minimum atomic E-state index is -0.297. The Morgan fingerprint density at radius 3 is 3.23 bits per heavy atom. The molecule has 3 heterocycles. The Balaban J connectivity index is 1.57. The molecule has 0 aromatic carbocycles. The van der Waals surface area contributed by atoms with E-state index in [2.05, 4.69) is 15.3 Å². The molecule has 2 aromatic rings. The Hall–Kier alpha value is -2.02. The van der Waals surface area contributed by atoms with E-state index in [1.807, 2.05) is 4.90 Å². The number of pyridine rings is 1. The smallest absolute Gasteiger partial charge is 0.270 e. The van der Waals surface area contributed by atoms with Crippen LogP contribution in [0.4, 0.5) is 10.1 Å². The van der Waals surface area contributed by atoms with Crippen molar-refractivity contribution in [2.75, 3.05) is 24.5 Å². The molecule has 0 bridgehead atoms. The summed E-state index contributed by atoms with van der Waals surface area (Å²) in [5, 5.41) is 4.64. The zero-order valence-corrected chi connectivity index (χ0v) is 12.9. The lowest BCUT2D eigenvalue weighted by Crippen LogP contribution is -2.41. The van der Waals surface area contributed by atoms with Crippen molar-refractivity contribution in [2.24, 2.45) is 5.92 Å². The van der Waals surface area contributed by atoms with Crippen molar-refractivity contribution in [1.29, 1.82) is 0 Å². The third-order valence-electron chi connectivity index (χ3n) is 3.83. The van der Waals surface area contributed by atoms with Gasteiger partial charge in [0.05, 0.1) is 17.4 Å². The van der Waals surface area contributed by atoms with Crippen molar-refractivity contribution in [3.63, 3.8) is 0 Å². The number of hydrogen-bond acceptors (Lipinski definition) is 5. The van der Waals surface area contributed by atoms with Crippen LogP contribution in [0, 0.1) is 11.7 Å². The molecular weight excluding hydrogens is 303 g/mol. The fourth-order valence-electron chi connectivity index (χ4n) is 2.73. The Kier molecular flexibility index (Phi) is 4.62. The van der Waals surface area contributed by atoms with E-state index in [1.165, 1.54) is 17.5 Å². The van der Waals surface area contributed by atoms with Gasteiger partial charge in [0.2, 0.25) is 0 Å². The van der Waals surface area contributed by atoms with Gasteiger partial charge in [-0.15, -0.1) is 11.3 Å². The van der Waals surface area contributed by atoms with E-state index in [4.69, 9.17) is 0 Å². The highest BCUT2D eigenvalue weighted by atomic mass is 32.1. The molecule has 0 radical (unpaired) electrons. The van der Waals surface area contributed by atoms with Gasteiger partial charge in [0.25, 0.3) is 5.91 Å². The molecule has 22 heavy (non-hydrogen) atoms. The minimum Gasteiger partial charge on any atom is -0.369 e. The van der Waals surface area contributed by atoms with Gasteiger partial charge in [-0.25, -0.2) is 9.37 Å². The SMILES string of the molecule is O=C(NC[C@H]1CCCN(c2ccncc2F)C1)c1cscn1. The molecule has 0 spiro atoms. The first-order chi connectivity index (χ1) is 10.7. The van der Waals surface area contributed by atoms with Crippen LogP contribution in [-0.4, -0.2) is 35.5 Å². The number of carbonyl (C=O) groups is 1. The van der Waals surface area contributed by atoms with Gasteiger partial charge in [-0.1, -0.05) is 0 Å². The number of halogens is 1. The number of piperidine rings is 1. The van der Waals surface area contributed by atoms with Crippen molar-refractivity contribution in [3.8, 4) is 0 Å². The lowest BCUT2D eigenvalue weighted by atomic mass is 9.97. The van der Waals surface area contributed by atoms with Gasteiger partial charge in [-0.05, 0) is 24.8 Å². The van der Waals surface area contributed by atoms with Gasteiger partial charge in [-0.2, -0.15) is 0 Å². The van der Waals surface area contributed by atoms with Crippen LogP contribution in [-0.2, 0) is 0 Å². The molecule has 1 saturated heterocycles. The molecule has 3 rings (SSSR count). The number of rotatable bonds is 4. The zero-order chi connectivity index (χ0) is 15.4.